The van der Waals surface area contributed by atoms with Crippen LogP contribution < -0.4 is 5.06 Å². The van der Waals surface area contributed by atoms with Crippen LogP contribution in [-0.2, 0) is 21.0 Å². The van der Waals surface area contributed by atoms with Crippen LogP contribution in [0.2, 0.25) is 0 Å². The van der Waals surface area contributed by atoms with Gasteiger partial charge in [0, 0.05) is 0 Å². The summed E-state index contributed by atoms with van der Waals surface area (Å²) in [4.78, 5) is 34.1. The molecular weight excluding hydrogens is 400 g/mol. The van der Waals surface area contributed by atoms with E-state index in [1.54, 1.807) is 5.06 Å². The molecule has 32 heavy (non-hydrogen) atoms. The van der Waals surface area contributed by atoms with Crippen molar-refractivity contribution in [2.75, 3.05) is 5.06 Å². The molecule has 0 spiro atoms. The molecule has 2 heterocycles. The van der Waals surface area contributed by atoms with E-state index < -0.39 is 12.0 Å². The summed E-state index contributed by atoms with van der Waals surface area (Å²) in [6, 6.07) is 26.9. The topological polar surface area (TPSA) is 49.9 Å². The van der Waals surface area contributed by atoms with Crippen LogP contribution in [0.25, 0.3) is 6.08 Å². The minimum Gasteiger partial charge on any atom is -0.275 e. The van der Waals surface area contributed by atoms with Crippen LogP contribution in [0.15, 0.2) is 91.0 Å². The average Bonchev–Trinajstić information content (AvgIpc) is 3.31. The summed E-state index contributed by atoms with van der Waals surface area (Å²) < 4.78 is 0. The molecule has 3 aromatic carbocycles. The Morgan fingerprint density at radius 2 is 1.50 bits per heavy atom. The molecule has 3 aromatic rings. The molecule has 0 aromatic heterocycles. The largest absolute Gasteiger partial charge is 0.275 e. The highest BCUT2D eigenvalue weighted by atomic mass is 16.7. The number of amides is 2. The molecule has 0 bridgehead atoms. The van der Waals surface area contributed by atoms with Gasteiger partial charge in [0.1, 0.15) is 5.92 Å². The van der Waals surface area contributed by atoms with E-state index in [-0.39, 0.29) is 24.4 Å². The summed E-state index contributed by atoms with van der Waals surface area (Å²) >= 11 is 0. The molecule has 3 atom stereocenters. The molecule has 0 saturated carbocycles. The second-order valence-electron chi connectivity index (χ2n) is 8.17. The Morgan fingerprint density at radius 1 is 0.844 bits per heavy atom. The van der Waals surface area contributed by atoms with E-state index >= 15 is 0 Å². The SMILES string of the molecule is Cc1ccccc1/C=C/C1C2C(=O)N(Cc3ccccc3)C(=O)C2ON1c1ccccc1. The number of likely N-dealkylation sites (tertiary alicyclic amines) is 1. The van der Waals surface area contributed by atoms with Crippen molar-refractivity contribution in [1.29, 1.82) is 0 Å². The lowest BCUT2D eigenvalue weighted by Crippen LogP contribution is -2.39. The third kappa shape index (κ3) is 3.61. The summed E-state index contributed by atoms with van der Waals surface area (Å²) in [5.41, 5.74) is 3.95. The van der Waals surface area contributed by atoms with Gasteiger partial charge in [0.15, 0.2) is 6.10 Å². The molecule has 2 saturated heterocycles. The first-order valence-corrected chi connectivity index (χ1v) is 10.8. The fourth-order valence-corrected chi connectivity index (χ4v) is 4.40. The Balaban J connectivity index is 1.48. The first-order valence-electron chi connectivity index (χ1n) is 10.8. The van der Waals surface area contributed by atoms with Gasteiger partial charge in [-0.25, -0.2) is 5.06 Å². The van der Waals surface area contributed by atoms with Crippen molar-refractivity contribution in [2.45, 2.75) is 25.6 Å². The maximum Gasteiger partial charge on any atom is 0.262 e. The lowest BCUT2D eigenvalue weighted by atomic mass is 9.95. The van der Waals surface area contributed by atoms with Gasteiger partial charge >= 0.3 is 0 Å². The molecule has 5 heteroatoms. The van der Waals surface area contributed by atoms with E-state index in [2.05, 4.69) is 13.0 Å². The van der Waals surface area contributed by atoms with Gasteiger partial charge in [-0.05, 0) is 35.7 Å². The zero-order valence-electron chi connectivity index (χ0n) is 17.8. The number of hydroxylamine groups is 1. The number of rotatable bonds is 5. The van der Waals surface area contributed by atoms with E-state index in [1.807, 2.05) is 91.0 Å². The van der Waals surface area contributed by atoms with Crippen LogP contribution in [0.3, 0.4) is 0 Å². The van der Waals surface area contributed by atoms with Crippen molar-refractivity contribution in [1.82, 2.24) is 4.90 Å². The number of aryl methyl sites for hydroxylation is 1. The molecule has 0 N–H and O–H groups in total. The molecular formula is C27H24N2O3. The smallest absolute Gasteiger partial charge is 0.262 e. The Bertz CT molecular complexity index is 1160. The van der Waals surface area contributed by atoms with Crippen molar-refractivity contribution < 1.29 is 14.4 Å². The molecule has 160 valence electrons. The van der Waals surface area contributed by atoms with E-state index in [0.717, 1.165) is 22.4 Å². The van der Waals surface area contributed by atoms with Crippen molar-refractivity contribution in [3.8, 4) is 0 Å². The van der Waals surface area contributed by atoms with E-state index in [0.29, 0.717) is 0 Å². The number of imide groups is 1. The van der Waals surface area contributed by atoms with Crippen LogP contribution in [0, 0.1) is 12.8 Å². The van der Waals surface area contributed by atoms with Crippen molar-refractivity contribution in [2.24, 2.45) is 5.92 Å². The first kappa shape index (κ1) is 20.2. The molecule has 5 rings (SSSR count). The third-order valence-electron chi connectivity index (χ3n) is 6.11. The average molecular weight is 425 g/mol. The highest BCUT2D eigenvalue weighted by Crippen LogP contribution is 2.40. The van der Waals surface area contributed by atoms with Gasteiger partial charge in [0.25, 0.3) is 5.91 Å². The van der Waals surface area contributed by atoms with Gasteiger partial charge in [-0.1, -0.05) is 84.9 Å². The Labute approximate surface area is 187 Å². The number of nitrogens with zero attached hydrogens (tertiary/aromatic N) is 2. The van der Waals surface area contributed by atoms with Gasteiger partial charge in [-0.3, -0.25) is 19.3 Å². The molecule has 5 nitrogen and oxygen atoms in total. The van der Waals surface area contributed by atoms with Crippen molar-refractivity contribution in [3.05, 3.63) is 108 Å². The molecule has 3 unspecified atom stereocenters. The summed E-state index contributed by atoms with van der Waals surface area (Å²) in [6.07, 6.45) is 3.18. The maximum absolute atomic E-state index is 13.4. The van der Waals surface area contributed by atoms with Gasteiger partial charge in [-0.2, -0.15) is 0 Å². The predicted molar refractivity (Wildman–Crippen MR) is 123 cm³/mol. The van der Waals surface area contributed by atoms with Gasteiger partial charge < -0.3 is 0 Å². The van der Waals surface area contributed by atoms with Crippen LogP contribution >= 0.6 is 0 Å². The number of benzene rings is 3. The second kappa shape index (κ2) is 8.44. The van der Waals surface area contributed by atoms with E-state index in [4.69, 9.17) is 4.84 Å². The lowest BCUT2D eigenvalue weighted by molar-refractivity contribution is -0.143. The predicted octanol–water partition coefficient (Wildman–Crippen LogP) is 4.38. The Hall–Kier alpha value is -3.70. The molecule has 2 fully saturated rings. The van der Waals surface area contributed by atoms with Gasteiger partial charge in [0.05, 0.1) is 18.3 Å². The first-order chi connectivity index (χ1) is 15.6. The van der Waals surface area contributed by atoms with Crippen LogP contribution in [0.5, 0.6) is 0 Å². The maximum atomic E-state index is 13.4. The van der Waals surface area contributed by atoms with Gasteiger partial charge in [-0.15, -0.1) is 0 Å². The third-order valence-corrected chi connectivity index (χ3v) is 6.11. The van der Waals surface area contributed by atoms with E-state index in [1.165, 1.54) is 4.90 Å². The van der Waals surface area contributed by atoms with Crippen LogP contribution in [0.4, 0.5) is 5.69 Å². The summed E-state index contributed by atoms with van der Waals surface area (Å²) in [5, 5.41) is 1.71. The zero-order chi connectivity index (χ0) is 22.1. The number of anilines is 1. The quantitative estimate of drug-likeness (QED) is 0.571. The van der Waals surface area contributed by atoms with Crippen molar-refractivity contribution in [3.63, 3.8) is 0 Å². The minimum absolute atomic E-state index is 0.193. The molecule has 0 aliphatic carbocycles. The summed E-state index contributed by atoms with van der Waals surface area (Å²) in [7, 11) is 0. The zero-order valence-corrected chi connectivity index (χ0v) is 17.8. The summed E-state index contributed by atoms with van der Waals surface area (Å²) in [5.74, 6) is -1.06. The standard InChI is InChI=1S/C27H24N2O3/c1-19-10-8-9-13-21(19)16-17-23-24-25(32-29(23)22-14-6-3-7-15-22)27(31)28(26(24)30)18-20-11-4-2-5-12-20/h2-17,23-25H,18H2,1H3/b17-16+. The number of carbonyl (C=O) groups excluding carboxylic acids is 2. The Kier molecular flexibility index (Phi) is 5.33. The molecule has 2 amide bonds. The molecule has 2 aliphatic rings. The lowest BCUT2D eigenvalue weighted by Gasteiger charge is -2.26. The van der Waals surface area contributed by atoms with Crippen molar-refractivity contribution >= 4 is 23.6 Å². The monoisotopic (exact) mass is 424 g/mol. The number of fused-ring (bicyclic) bond motifs is 1. The van der Waals surface area contributed by atoms with E-state index in [9.17, 15) is 9.59 Å². The van der Waals surface area contributed by atoms with Crippen LogP contribution in [0.1, 0.15) is 16.7 Å². The highest BCUT2D eigenvalue weighted by molar-refractivity contribution is 6.07. The number of carbonyl (C=O) groups is 2. The number of para-hydroxylation sites is 1. The number of hydrogen-bond acceptors (Lipinski definition) is 4. The Morgan fingerprint density at radius 3 is 2.22 bits per heavy atom. The van der Waals surface area contributed by atoms with Gasteiger partial charge in [0.2, 0.25) is 5.91 Å². The van der Waals surface area contributed by atoms with Crippen LogP contribution in [-0.4, -0.2) is 28.9 Å². The molecule has 2 aliphatic heterocycles. The summed E-state index contributed by atoms with van der Waals surface area (Å²) in [6.45, 7) is 2.31. The normalized spacial score (nSPS) is 22.7. The number of hydrogen-bond donors (Lipinski definition) is 0. The fourth-order valence-electron chi connectivity index (χ4n) is 4.40. The fraction of sp³-hybridized carbons (Fsp3) is 0.185. The second-order valence-corrected chi connectivity index (χ2v) is 8.17. The minimum atomic E-state index is -0.821. The molecule has 0 radical (unpaired) electrons. The highest BCUT2D eigenvalue weighted by Gasteiger charge is 2.58.